The van der Waals surface area contributed by atoms with Crippen molar-refractivity contribution in [2.24, 2.45) is 0 Å². The van der Waals surface area contributed by atoms with Gasteiger partial charge in [0, 0.05) is 12.6 Å². The molecule has 0 amide bonds. The molecule has 0 aromatic heterocycles. The zero-order valence-electron chi connectivity index (χ0n) is 10.6. The Hall–Kier alpha value is -0.120. The Balaban J connectivity index is 2.04. The Morgan fingerprint density at radius 1 is 1.40 bits per heavy atom. The maximum absolute atomic E-state index is 3.19. The van der Waals surface area contributed by atoms with Crippen molar-refractivity contribution in [2.75, 3.05) is 47.3 Å². The van der Waals surface area contributed by atoms with E-state index in [0.29, 0.717) is 0 Å². The summed E-state index contributed by atoms with van der Waals surface area (Å²) >= 11 is 0. The van der Waals surface area contributed by atoms with Crippen LogP contribution in [0.2, 0.25) is 0 Å². The first kappa shape index (κ1) is 12.9. The summed E-state index contributed by atoms with van der Waals surface area (Å²) in [6, 6.07) is 0.805. The zero-order chi connectivity index (χ0) is 11.1. The Kier molecular flexibility index (Phi) is 6.22. The van der Waals surface area contributed by atoms with Gasteiger partial charge in [-0.2, -0.15) is 0 Å². The van der Waals surface area contributed by atoms with Crippen molar-refractivity contribution in [2.45, 2.75) is 31.7 Å². The molecule has 0 aromatic rings. The summed E-state index contributed by atoms with van der Waals surface area (Å²) in [6.07, 6.45) is 5.38. The number of rotatable bonds is 7. The monoisotopic (exact) mass is 213 g/mol. The molecule has 1 aliphatic rings. The molecule has 0 saturated carbocycles. The van der Waals surface area contributed by atoms with Gasteiger partial charge < -0.3 is 15.1 Å². The van der Waals surface area contributed by atoms with Crippen molar-refractivity contribution in [3.8, 4) is 0 Å². The highest BCUT2D eigenvalue weighted by Gasteiger charge is 2.21. The summed E-state index contributed by atoms with van der Waals surface area (Å²) in [4.78, 5) is 4.99. The van der Waals surface area contributed by atoms with Crippen molar-refractivity contribution in [1.29, 1.82) is 0 Å². The van der Waals surface area contributed by atoms with E-state index >= 15 is 0 Å². The van der Waals surface area contributed by atoms with Crippen molar-refractivity contribution < 1.29 is 0 Å². The average Bonchev–Trinajstić information content (AvgIpc) is 2.59. The molecule has 90 valence electrons. The van der Waals surface area contributed by atoms with Gasteiger partial charge in [-0.25, -0.2) is 0 Å². The zero-order valence-corrected chi connectivity index (χ0v) is 10.6. The minimum atomic E-state index is 0.805. The van der Waals surface area contributed by atoms with Crippen molar-refractivity contribution >= 4 is 0 Å². The highest BCUT2D eigenvalue weighted by Crippen LogP contribution is 2.15. The van der Waals surface area contributed by atoms with Gasteiger partial charge in [-0.05, 0) is 66.5 Å². The summed E-state index contributed by atoms with van der Waals surface area (Å²) in [5, 5.41) is 3.19. The van der Waals surface area contributed by atoms with Gasteiger partial charge in [0.2, 0.25) is 0 Å². The van der Waals surface area contributed by atoms with Crippen LogP contribution in [0.4, 0.5) is 0 Å². The molecule has 0 aliphatic carbocycles. The maximum Gasteiger partial charge on any atom is 0.0220 e. The fourth-order valence-electron chi connectivity index (χ4n) is 2.34. The predicted octanol–water partition coefficient (Wildman–Crippen LogP) is 1.01. The molecule has 1 saturated heterocycles. The van der Waals surface area contributed by atoms with E-state index in [2.05, 4.69) is 29.2 Å². The summed E-state index contributed by atoms with van der Waals surface area (Å²) in [6.45, 7) is 4.93. The van der Waals surface area contributed by atoms with Gasteiger partial charge in [0.25, 0.3) is 0 Å². The van der Waals surface area contributed by atoms with E-state index in [4.69, 9.17) is 0 Å². The van der Waals surface area contributed by atoms with E-state index in [1.807, 2.05) is 7.05 Å². The van der Waals surface area contributed by atoms with Crippen LogP contribution in [0, 0.1) is 0 Å². The lowest BCUT2D eigenvalue weighted by molar-refractivity contribution is 0.218. The minimum absolute atomic E-state index is 0.805. The van der Waals surface area contributed by atoms with Crippen molar-refractivity contribution in [3.05, 3.63) is 0 Å². The van der Waals surface area contributed by atoms with E-state index in [1.165, 1.54) is 45.3 Å². The Labute approximate surface area is 94.8 Å². The van der Waals surface area contributed by atoms with E-state index < -0.39 is 0 Å². The fourth-order valence-corrected chi connectivity index (χ4v) is 2.34. The normalized spacial score (nSPS) is 22.8. The third-order valence-electron chi connectivity index (χ3n) is 3.41. The number of likely N-dealkylation sites (N-methyl/N-ethyl adjacent to an activating group) is 2. The van der Waals surface area contributed by atoms with E-state index in [0.717, 1.165) is 12.6 Å². The first-order valence-electron chi connectivity index (χ1n) is 6.27. The predicted molar refractivity (Wildman–Crippen MR) is 66.3 cm³/mol. The van der Waals surface area contributed by atoms with Crippen LogP contribution in [0.25, 0.3) is 0 Å². The van der Waals surface area contributed by atoms with E-state index in [1.54, 1.807) is 0 Å². The van der Waals surface area contributed by atoms with Crippen LogP contribution in [-0.2, 0) is 0 Å². The Bertz CT molecular complexity index is 161. The number of likely N-dealkylation sites (tertiary alicyclic amines) is 1. The molecule has 0 radical (unpaired) electrons. The van der Waals surface area contributed by atoms with E-state index in [9.17, 15) is 0 Å². The van der Waals surface area contributed by atoms with Gasteiger partial charge >= 0.3 is 0 Å². The Morgan fingerprint density at radius 3 is 2.80 bits per heavy atom. The molecule has 1 N–H and O–H groups in total. The second-order valence-electron chi connectivity index (χ2n) is 4.85. The maximum atomic E-state index is 3.19. The van der Waals surface area contributed by atoms with Gasteiger partial charge in [-0.3, -0.25) is 0 Å². The van der Waals surface area contributed by atoms with Crippen LogP contribution in [-0.4, -0.2) is 63.2 Å². The van der Waals surface area contributed by atoms with Crippen LogP contribution in [0.15, 0.2) is 0 Å². The molecule has 0 spiro atoms. The smallest absolute Gasteiger partial charge is 0.0220 e. The highest BCUT2D eigenvalue weighted by atomic mass is 15.2. The van der Waals surface area contributed by atoms with E-state index in [-0.39, 0.29) is 0 Å². The minimum Gasteiger partial charge on any atom is -0.320 e. The highest BCUT2D eigenvalue weighted by molar-refractivity contribution is 4.78. The number of unbranched alkanes of at least 4 members (excludes halogenated alkanes) is 1. The van der Waals surface area contributed by atoms with Crippen LogP contribution in [0.1, 0.15) is 25.7 Å². The molecule has 0 bridgehead atoms. The lowest BCUT2D eigenvalue weighted by atomic mass is 10.2. The number of nitrogens with zero attached hydrogens (tertiary/aromatic N) is 2. The third kappa shape index (κ3) is 4.96. The summed E-state index contributed by atoms with van der Waals surface area (Å²) in [7, 11) is 6.54. The van der Waals surface area contributed by atoms with Crippen molar-refractivity contribution in [1.82, 2.24) is 15.1 Å². The van der Waals surface area contributed by atoms with Gasteiger partial charge in [0.05, 0.1) is 0 Å². The number of nitrogens with one attached hydrogen (secondary N) is 1. The first-order chi connectivity index (χ1) is 7.24. The molecule has 0 aromatic carbocycles. The first-order valence-corrected chi connectivity index (χ1v) is 6.27. The Morgan fingerprint density at radius 2 is 2.20 bits per heavy atom. The second kappa shape index (κ2) is 7.20. The van der Waals surface area contributed by atoms with Gasteiger partial charge in [0.15, 0.2) is 0 Å². The van der Waals surface area contributed by atoms with Crippen LogP contribution >= 0.6 is 0 Å². The lowest BCUT2D eigenvalue weighted by Crippen LogP contribution is -2.37. The van der Waals surface area contributed by atoms with Crippen LogP contribution in [0.5, 0.6) is 0 Å². The number of hydrogen-bond acceptors (Lipinski definition) is 3. The molecule has 1 unspecified atom stereocenters. The quantitative estimate of drug-likeness (QED) is 0.637. The molecular weight excluding hydrogens is 186 g/mol. The molecule has 1 atom stereocenters. The van der Waals surface area contributed by atoms with Crippen LogP contribution < -0.4 is 5.32 Å². The SMILES string of the molecule is CNCCCCN(C)CC1CCCN1C. The summed E-state index contributed by atoms with van der Waals surface area (Å²) in [5.74, 6) is 0. The van der Waals surface area contributed by atoms with Crippen LogP contribution in [0.3, 0.4) is 0 Å². The second-order valence-corrected chi connectivity index (χ2v) is 4.85. The third-order valence-corrected chi connectivity index (χ3v) is 3.41. The standard InChI is InChI=1S/C12H27N3/c1-13-8-4-5-9-14(2)11-12-7-6-10-15(12)3/h12-13H,4-11H2,1-3H3. The summed E-state index contributed by atoms with van der Waals surface area (Å²) < 4.78 is 0. The molecule has 1 aliphatic heterocycles. The molecule has 3 heteroatoms. The van der Waals surface area contributed by atoms with Gasteiger partial charge in [-0.1, -0.05) is 0 Å². The fraction of sp³-hybridized carbons (Fsp3) is 1.00. The van der Waals surface area contributed by atoms with Gasteiger partial charge in [0.1, 0.15) is 0 Å². The van der Waals surface area contributed by atoms with Crippen molar-refractivity contribution in [3.63, 3.8) is 0 Å². The van der Waals surface area contributed by atoms with Gasteiger partial charge in [-0.15, -0.1) is 0 Å². The molecule has 15 heavy (non-hydrogen) atoms. The molecule has 3 nitrogen and oxygen atoms in total. The molecule has 1 heterocycles. The molecular formula is C12H27N3. The summed E-state index contributed by atoms with van der Waals surface area (Å²) in [5.41, 5.74) is 0. The topological polar surface area (TPSA) is 18.5 Å². The molecule has 1 fully saturated rings. The number of hydrogen-bond donors (Lipinski definition) is 1. The lowest BCUT2D eigenvalue weighted by Gasteiger charge is -2.25. The molecule has 1 rings (SSSR count). The largest absolute Gasteiger partial charge is 0.320 e. The average molecular weight is 213 g/mol.